The number of nitrogens with zero attached hydrogens (tertiary/aromatic N) is 2. The number of urea groups is 1. The van der Waals surface area contributed by atoms with Crippen LogP contribution < -0.4 is 19.7 Å². The number of methoxy groups -OCH3 is 1. The molecule has 0 saturated carbocycles. The molecule has 6 rings (SSSR count). The highest BCUT2D eigenvalue weighted by atomic mass is 35.5. The van der Waals surface area contributed by atoms with E-state index in [4.69, 9.17) is 21.1 Å². The summed E-state index contributed by atoms with van der Waals surface area (Å²) in [6.45, 7) is 5.85. The van der Waals surface area contributed by atoms with Crippen molar-refractivity contribution < 1.29 is 24.2 Å². The Kier molecular flexibility index (Phi) is 9.45. The molecule has 8 nitrogen and oxygen atoms in total. The molecule has 2 saturated heterocycles. The number of aliphatic hydroxyl groups is 1. The van der Waals surface area contributed by atoms with Gasteiger partial charge >= 0.3 is 6.03 Å². The van der Waals surface area contributed by atoms with Gasteiger partial charge in [0.2, 0.25) is 5.91 Å². The highest BCUT2D eigenvalue weighted by Gasteiger charge is 2.47. The van der Waals surface area contributed by atoms with Gasteiger partial charge in [-0.3, -0.25) is 4.79 Å². The SMILES string of the molecule is CNC(=O)N1C2CCCC1CC(C(C)(O)c1ccc(N3C(=O)Cc4cc(OC)c(OC(C)C)cc4C3C3C=CC=C(Cl)C=C3)cc1)C2. The summed E-state index contributed by atoms with van der Waals surface area (Å²) in [6.07, 6.45) is 14.4. The number of carbonyl (C=O) groups excluding carboxylic acids is 2. The summed E-state index contributed by atoms with van der Waals surface area (Å²) in [5.41, 5.74) is 2.37. The van der Waals surface area contributed by atoms with Gasteiger partial charge in [0.25, 0.3) is 0 Å². The van der Waals surface area contributed by atoms with Crippen LogP contribution in [-0.2, 0) is 16.8 Å². The van der Waals surface area contributed by atoms with Crippen LogP contribution >= 0.6 is 11.6 Å². The molecule has 3 amide bonds. The van der Waals surface area contributed by atoms with Gasteiger partial charge in [-0.15, -0.1) is 0 Å². The average molecular weight is 660 g/mol. The van der Waals surface area contributed by atoms with Crippen molar-refractivity contribution in [3.05, 3.63) is 88.5 Å². The van der Waals surface area contributed by atoms with E-state index >= 15 is 0 Å². The van der Waals surface area contributed by atoms with Crippen molar-refractivity contribution >= 4 is 29.2 Å². The fourth-order valence-electron chi connectivity index (χ4n) is 8.08. The number of fused-ring (bicyclic) bond motifs is 3. The number of halogens is 1. The van der Waals surface area contributed by atoms with Crippen LogP contribution in [0.4, 0.5) is 10.5 Å². The quantitative estimate of drug-likeness (QED) is 0.329. The van der Waals surface area contributed by atoms with E-state index in [-0.39, 0.29) is 54.4 Å². The molecule has 3 heterocycles. The van der Waals surface area contributed by atoms with Crippen molar-refractivity contribution in [2.24, 2.45) is 11.8 Å². The molecule has 9 heteroatoms. The largest absolute Gasteiger partial charge is 0.493 e. The average Bonchev–Trinajstić information content (AvgIpc) is 3.26. The van der Waals surface area contributed by atoms with Crippen LogP contribution in [0.15, 0.2) is 71.8 Å². The van der Waals surface area contributed by atoms with E-state index in [0.29, 0.717) is 16.5 Å². The van der Waals surface area contributed by atoms with Crippen LogP contribution in [-0.4, -0.2) is 54.3 Å². The first-order chi connectivity index (χ1) is 22.5. The van der Waals surface area contributed by atoms with E-state index in [9.17, 15) is 14.7 Å². The summed E-state index contributed by atoms with van der Waals surface area (Å²) in [7, 11) is 3.30. The second-order valence-electron chi connectivity index (χ2n) is 13.7. The number of hydrogen-bond acceptors (Lipinski definition) is 5. The fraction of sp³-hybridized carbons (Fsp3) is 0.474. The minimum atomic E-state index is -1.09. The number of allylic oxidation sites excluding steroid dienone is 4. The standard InChI is InChI=1S/C38H46ClN3O5/c1-23(2)47-34-22-32-25(18-33(34)46-5)19-35(43)42(36(32)24-8-6-9-28(39)15-12-24)29-16-13-26(14-17-29)38(3,45)27-20-30-10-7-11-31(21-27)41(30)37(44)40-4/h6,8-9,12-18,22-24,27,30-31,36,45H,7,10-11,19-21H2,1-5H3,(H,40,44). The maximum atomic E-state index is 14.1. The summed E-state index contributed by atoms with van der Waals surface area (Å²) in [5, 5.41) is 15.5. The molecule has 47 heavy (non-hydrogen) atoms. The Hall–Kier alpha value is -3.75. The Morgan fingerprint density at radius 1 is 1.09 bits per heavy atom. The zero-order valence-electron chi connectivity index (χ0n) is 27.9. The van der Waals surface area contributed by atoms with Crippen molar-refractivity contribution in [1.82, 2.24) is 10.2 Å². The molecule has 1 aliphatic carbocycles. The normalized spacial score (nSPS) is 26.7. The van der Waals surface area contributed by atoms with Gasteiger partial charge in [0.05, 0.1) is 31.3 Å². The molecule has 5 atom stereocenters. The van der Waals surface area contributed by atoms with E-state index in [1.54, 1.807) is 14.2 Å². The molecule has 3 aliphatic heterocycles. The number of nitrogens with one attached hydrogen (secondary N) is 1. The molecule has 2 N–H and O–H groups in total. The van der Waals surface area contributed by atoms with Gasteiger partial charge in [0.1, 0.15) is 0 Å². The van der Waals surface area contributed by atoms with Gasteiger partial charge in [0, 0.05) is 35.8 Å². The third-order valence-electron chi connectivity index (χ3n) is 10.4. The third-order valence-corrected chi connectivity index (χ3v) is 10.6. The summed E-state index contributed by atoms with van der Waals surface area (Å²) >= 11 is 6.38. The van der Waals surface area contributed by atoms with Crippen LogP contribution in [0.1, 0.15) is 75.6 Å². The highest BCUT2D eigenvalue weighted by Crippen LogP contribution is 2.47. The van der Waals surface area contributed by atoms with E-state index in [2.05, 4.69) is 11.4 Å². The van der Waals surface area contributed by atoms with Crippen LogP contribution in [0, 0.1) is 11.8 Å². The van der Waals surface area contributed by atoms with Crippen LogP contribution in [0.3, 0.4) is 0 Å². The van der Waals surface area contributed by atoms with Gasteiger partial charge in [-0.2, -0.15) is 0 Å². The maximum Gasteiger partial charge on any atom is 0.317 e. The molecule has 2 aromatic rings. The number of piperidine rings is 2. The Bertz CT molecular complexity index is 1580. The first-order valence-electron chi connectivity index (χ1n) is 16.8. The minimum absolute atomic E-state index is 0.00803. The van der Waals surface area contributed by atoms with Gasteiger partial charge < -0.3 is 29.7 Å². The Labute approximate surface area is 283 Å². The first-order valence-corrected chi connectivity index (χ1v) is 17.1. The fourth-order valence-corrected chi connectivity index (χ4v) is 8.23. The van der Waals surface area contributed by atoms with Crippen molar-refractivity contribution in [2.45, 2.75) is 89.1 Å². The molecule has 0 spiro atoms. The molecular formula is C38H46ClN3O5. The van der Waals surface area contributed by atoms with E-state index in [1.165, 1.54) is 0 Å². The number of benzene rings is 2. The summed E-state index contributed by atoms with van der Waals surface area (Å²) in [4.78, 5) is 30.6. The number of amides is 3. The molecule has 4 aliphatic rings. The van der Waals surface area contributed by atoms with E-state index < -0.39 is 5.60 Å². The molecule has 0 radical (unpaired) electrons. The third kappa shape index (κ3) is 6.42. The second-order valence-corrected chi connectivity index (χ2v) is 14.1. The number of rotatable bonds is 7. The lowest BCUT2D eigenvalue weighted by atomic mass is 9.69. The predicted molar refractivity (Wildman–Crippen MR) is 185 cm³/mol. The van der Waals surface area contributed by atoms with Crippen molar-refractivity contribution in [3.63, 3.8) is 0 Å². The zero-order chi connectivity index (χ0) is 33.5. The summed E-state index contributed by atoms with van der Waals surface area (Å²) in [6, 6.07) is 11.6. The Balaban J connectivity index is 1.34. The van der Waals surface area contributed by atoms with Gasteiger partial charge in [-0.1, -0.05) is 42.0 Å². The van der Waals surface area contributed by atoms with Gasteiger partial charge in [-0.25, -0.2) is 4.79 Å². The lowest BCUT2D eigenvalue weighted by Gasteiger charge is -2.51. The van der Waals surface area contributed by atoms with Crippen molar-refractivity contribution in [2.75, 3.05) is 19.1 Å². The highest BCUT2D eigenvalue weighted by molar-refractivity contribution is 6.31. The minimum Gasteiger partial charge on any atom is -0.493 e. The Morgan fingerprint density at radius 3 is 2.43 bits per heavy atom. The summed E-state index contributed by atoms with van der Waals surface area (Å²) < 4.78 is 11.8. The number of ether oxygens (including phenoxy) is 2. The lowest BCUT2D eigenvalue weighted by Crippen LogP contribution is -2.59. The van der Waals surface area contributed by atoms with Crippen molar-refractivity contribution in [1.29, 1.82) is 0 Å². The lowest BCUT2D eigenvalue weighted by molar-refractivity contribution is -0.119. The van der Waals surface area contributed by atoms with Gasteiger partial charge in [0.15, 0.2) is 11.5 Å². The van der Waals surface area contributed by atoms with Gasteiger partial charge in [-0.05, 0) is 112 Å². The molecular weight excluding hydrogens is 614 g/mol. The molecule has 2 fully saturated rings. The van der Waals surface area contributed by atoms with E-state index in [1.807, 2.05) is 91.3 Å². The molecule has 250 valence electrons. The number of anilines is 1. The van der Waals surface area contributed by atoms with Crippen LogP contribution in [0.5, 0.6) is 11.5 Å². The first kappa shape index (κ1) is 33.2. The summed E-state index contributed by atoms with van der Waals surface area (Å²) in [5.74, 6) is 1.05. The predicted octanol–water partition coefficient (Wildman–Crippen LogP) is 7.16. The maximum absolute atomic E-state index is 14.1. The monoisotopic (exact) mass is 659 g/mol. The molecule has 5 unspecified atom stereocenters. The topological polar surface area (TPSA) is 91.3 Å². The number of carbonyl (C=O) groups is 2. The molecule has 2 bridgehead atoms. The molecule has 2 aromatic carbocycles. The Morgan fingerprint density at radius 2 is 1.79 bits per heavy atom. The smallest absolute Gasteiger partial charge is 0.317 e. The zero-order valence-corrected chi connectivity index (χ0v) is 28.7. The second kappa shape index (κ2) is 13.4. The van der Waals surface area contributed by atoms with Crippen LogP contribution in [0.2, 0.25) is 0 Å². The van der Waals surface area contributed by atoms with Crippen LogP contribution in [0.25, 0.3) is 0 Å². The molecule has 0 aromatic heterocycles. The number of hydrogen-bond donors (Lipinski definition) is 2. The van der Waals surface area contributed by atoms with Crippen molar-refractivity contribution in [3.8, 4) is 11.5 Å². The van der Waals surface area contributed by atoms with E-state index in [0.717, 1.165) is 54.5 Å².